The molecule has 1 aliphatic heterocycles. The first-order valence-corrected chi connectivity index (χ1v) is 5.69. The minimum Gasteiger partial charge on any atom is -0.376 e. The van der Waals surface area contributed by atoms with Crippen molar-refractivity contribution in [2.45, 2.75) is 26.0 Å². The van der Waals surface area contributed by atoms with Gasteiger partial charge in [0.15, 0.2) is 0 Å². The van der Waals surface area contributed by atoms with Crippen LogP contribution in [0.25, 0.3) is 0 Å². The summed E-state index contributed by atoms with van der Waals surface area (Å²) in [5.41, 5.74) is 9.77. The summed E-state index contributed by atoms with van der Waals surface area (Å²) in [5.74, 6) is 0. The molecule has 2 rings (SSSR count). The van der Waals surface area contributed by atoms with E-state index in [2.05, 4.69) is 32.0 Å². The maximum atomic E-state index is 6.13. The Labute approximate surface area is 96.5 Å². The summed E-state index contributed by atoms with van der Waals surface area (Å²) in [5, 5.41) is 0. The summed E-state index contributed by atoms with van der Waals surface area (Å²) in [4.78, 5) is 0. The molecule has 0 bridgehead atoms. The van der Waals surface area contributed by atoms with Gasteiger partial charge in [-0.2, -0.15) is 0 Å². The summed E-state index contributed by atoms with van der Waals surface area (Å²) in [6, 6.07) is 6.31. The van der Waals surface area contributed by atoms with Crippen LogP contribution in [0, 0.1) is 13.8 Å². The van der Waals surface area contributed by atoms with Crippen LogP contribution in [-0.2, 0) is 9.47 Å². The van der Waals surface area contributed by atoms with Crippen molar-refractivity contribution >= 4 is 0 Å². The number of benzene rings is 1. The second-order valence-corrected chi connectivity index (χ2v) is 4.46. The molecular formula is C13H19NO2. The first-order chi connectivity index (χ1) is 7.66. The molecule has 1 fully saturated rings. The predicted molar refractivity (Wildman–Crippen MR) is 63.4 cm³/mol. The maximum Gasteiger partial charge on any atom is 0.104 e. The van der Waals surface area contributed by atoms with Gasteiger partial charge in [0, 0.05) is 0 Å². The zero-order chi connectivity index (χ0) is 11.5. The van der Waals surface area contributed by atoms with Crippen LogP contribution in [0.5, 0.6) is 0 Å². The monoisotopic (exact) mass is 221 g/mol. The number of hydrogen-bond acceptors (Lipinski definition) is 3. The lowest BCUT2D eigenvalue weighted by Gasteiger charge is -2.27. The number of aryl methyl sites for hydroxylation is 2. The average Bonchev–Trinajstić information content (AvgIpc) is 2.19. The third-order valence-corrected chi connectivity index (χ3v) is 2.95. The molecule has 0 amide bonds. The standard InChI is InChI=1S/C13H19NO2/c1-9-3-4-10(2)12(5-9)13(14)8-16-11-6-15-7-11/h3-5,11,13H,6-8,14H2,1-2H3. The number of ether oxygens (including phenoxy) is 2. The molecule has 88 valence electrons. The molecule has 2 N–H and O–H groups in total. The molecule has 0 aromatic heterocycles. The van der Waals surface area contributed by atoms with Gasteiger partial charge >= 0.3 is 0 Å². The molecule has 3 heteroatoms. The molecular weight excluding hydrogens is 202 g/mol. The molecule has 1 saturated heterocycles. The quantitative estimate of drug-likeness (QED) is 0.842. The molecule has 0 spiro atoms. The van der Waals surface area contributed by atoms with E-state index in [-0.39, 0.29) is 12.1 Å². The Morgan fingerprint density at radius 2 is 2.19 bits per heavy atom. The van der Waals surface area contributed by atoms with Crippen LogP contribution in [0.3, 0.4) is 0 Å². The van der Waals surface area contributed by atoms with E-state index in [0.29, 0.717) is 19.8 Å². The fraction of sp³-hybridized carbons (Fsp3) is 0.538. The molecule has 1 aromatic carbocycles. The predicted octanol–water partition coefficient (Wildman–Crippen LogP) is 1.72. The largest absolute Gasteiger partial charge is 0.376 e. The Morgan fingerprint density at radius 3 is 2.81 bits per heavy atom. The van der Waals surface area contributed by atoms with Crippen LogP contribution in [0.15, 0.2) is 18.2 Å². The highest BCUT2D eigenvalue weighted by atomic mass is 16.6. The van der Waals surface area contributed by atoms with Crippen molar-refractivity contribution in [2.75, 3.05) is 19.8 Å². The Hall–Kier alpha value is -0.900. The number of nitrogens with two attached hydrogens (primary N) is 1. The van der Waals surface area contributed by atoms with Crippen molar-refractivity contribution in [3.05, 3.63) is 34.9 Å². The first kappa shape index (κ1) is 11.6. The zero-order valence-corrected chi connectivity index (χ0v) is 9.90. The lowest BCUT2D eigenvalue weighted by molar-refractivity contribution is -0.131. The van der Waals surface area contributed by atoms with Crippen molar-refractivity contribution in [1.29, 1.82) is 0 Å². The molecule has 1 aliphatic rings. The molecule has 1 heterocycles. The average molecular weight is 221 g/mol. The molecule has 1 atom stereocenters. The van der Waals surface area contributed by atoms with Crippen LogP contribution in [-0.4, -0.2) is 25.9 Å². The van der Waals surface area contributed by atoms with E-state index in [1.54, 1.807) is 0 Å². The Bertz CT molecular complexity index is 361. The molecule has 1 aromatic rings. The van der Waals surface area contributed by atoms with Gasteiger partial charge in [-0.05, 0) is 25.0 Å². The van der Waals surface area contributed by atoms with E-state index < -0.39 is 0 Å². The molecule has 0 radical (unpaired) electrons. The molecule has 0 aliphatic carbocycles. The Morgan fingerprint density at radius 1 is 1.44 bits per heavy atom. The maximum absolute atomic E-state index is 6.13. The Balaban J connectivity index is 1.95. The fourth-order valence-corrected chi connectivity index (χ4v) is 1.80. The summed E-state index contributed by atoms with van der Waals surface area (Å²) in [7, 11) is 0. The lowest BCUT2D eigenvalue weighted by Crippen LogP contribution is -2.37. The number of rotatable bonds is 4. The van der Waals surface area contributed by atoms with Gasteiger partial charge in [-0.3, -0.25) is 0 Å². The van der Waals surface area contributed by atoms with Gasteiger partial charge in [0.2, 0.25) is 0 Å². The number of hydrogen-bond donors (Lipinski definition) is 1. The van der Waals surface area contributed by atoms with Crippen LogP contribution < -0.4 is 5.73 Å². The van der Waals surface area contributed by atoms with E-state index in [9.17, 15) is 0 Å². The smallest absolute Gasteiger partial charge is 0.104 e. The van der Waals surface area contributed by atoms with Crippen molar-refractivity contribution in [3.63, 3.8) is 0 Å². The second kappa shape index (κ2) is 4.95. The normalized spacial score (nSPS) is 18.2. The third kappa shape index (κ3) is 2.61. The summed E-state index contributed by atoms with van der Waals surface area (Å²) in [6.07, 6.45) is 0.246. The highest BCUT2D eigenvalue weighted by Crippen LogP contribution is 2.19. The highest BCUT2D eigenvalue weighted by molar-refractivity contribution is 5.32. The van der Waals surface area contributed by atoms with Gasteiger partial charge in [-0.25, -0.2) is 0 Å². The zero-order valence-electron chi connectivity index (χ0n) is 9.90. The van der Waals surface area contributed by atoms with E-state index in [1.807, 2.05) is 0 Å². The van der Waals surface area contributed by atoms with Crippen LogP contribution >= 0.6 is 0 Å². The summed E-state index contributed by atoms with van der Waals surface area (Å²) in [6.45, 7) is 6.15. The molecule has 3 nitrogen and oxygen atoms in total. The van der Waals surface area contributed by atoms with Gasteiger partial charge in [0.05, 0.1) is 25.9 Å². The summed E-state index contributed by atoms with van der Waals surface area (Å²) >= 11 is 0. The van der Waals surface area contributed by atoms with Crippen LogP contribution in [0.2, 0.25) is 0 Å². The molecule has 0 saturated carbocycles. The van der Waals surface area contributed by atoms with Crippen LogP contribution in [0.1, 0.15) is 22.7 Å². The summed E-state index contributed by atoms with van der Waals surface area (Å²) < 4.78 is 10.7. The van der Waals surface area contributed by atoms with Crippen molar-refractivity contribution in [3.8, 4) is 0 Å². The minimum atomic E-state index is -0.0412. The Kier molecular flexibility index (Phi) is 3.59. The van der Waals surface area contributed by atoms with Crippen molar-refractivity contribution in [2.24, 2.45) is 5.73 Å². The van der Waals surface area contributed by atoms with E-state index in [4.69, 9.17) is 15.2 Å². The molecule has 1 unspecified atom stereocenters. The van der Waals surface area contributed by atoms with E-state index >= 15 is 0 Å². The minimum absolute atomic E-state index is 0.0412. The fourth-order valence-electron chi connectivity index (χ4n) is 1.80. The van der Waals surface area contributed by atoms with E-state index in [1.165, 1.54) is 16.7 Å². The third-order valence-electron chi connectivity index (χ3n) is 2.95. The van der Waals surface area contributed by atoms with Gasteiger partial charge in [-0.1, -0.05) is 23.8 Å². The van der Waals surface area contributed by atoms with E-state index in [0.717, 1.165) is 0 Å². The van der Waals surface area contributed by atoms with Crippen molar-refractivity contribution < 1.29 is 9.47 Å². The SMILES string of the molecule is Cc1ccc(C)c(C(N)COC2COC2)c1. The topological polar surface area (TPSA) is 44.5 Å². The van der Waals surface area contributed by atoms with Crippen molar-refractivity contribution in [1.82, 2.24) is 0 Å². The van der Waals surface area contributed by atoms with Crippen LogP contribution in [0.4, 0.5) is 0 Å². The lowest BCUT2D eigenvalue weighted by atomic mass is 10.00. The first-order valence-electron chi connectivity index (χ1n) is 5.69. The second-order valence-electron chi connectivity index (χ2n) is 4.46. The highest BCUT2D eigenvalue weighted by Gasteiger charge is 2.20. The molecule has 16 heavy (non-hydrogen) atoms. The van der Waals surface area contributed by atoms with Gasteiger partial charge < -0.3 is 15.2 Å². The van der Waals surface area contributed by atoms with Gasteiger partial charge in [0.25, 0.3) is 0 Å². The van der Waals surface area contributed by atoms with Gasteiger partial charge in [-0.15, -0.1) is 0 Å². The van der Waals surface area contributed by atoms with Gasteiger partial charge in [0.1, 0.15) is 6.10 Å².